The van der Waals surface area contributed by atoms with Gasteiger partial charge in [-0.3, -0.25) is 4.79 Å². The second kappa shape index (κ2) is 8.26. The van der Waals surface area contributed by atoms with Crippen molar-refractivity contribution < 1.29 is 9.18 Å². The van der Waals surface area contributed by atoms with Crippen molar-refractivity contribution in [1.82, 2.24) is 14.9 Å². The minimum Gasteiger partial charge on any atom is -0.351 e. The van der Waals surface area contributed by atoms with E-state index in [9.17, 15) is 9.18 Å². The molecule has 2 atom stereocenters. The number of hydrogen-bond acceptors (Lipinski definition) is 5. The van der Waals surface area contributed by atoms with Crippen LogP contribution in [0.25, 0.3) is 0 Å². The molecule has 7 heteroatoms. The summed E-state index contributed by atoms with van der Waals surface area (Å²) >= 11 is 0. The van der Waals surface area contributed by atoms with E-state index in [0.717, 1.165) is 31.4 Å². The first kappa shape index (κ1) is 18.3. The van der Waals surface area contributed by atoms with Crippen LogP contribution in [0.5, 0.6) is 0 Å². The highest BCUT2D eigenvalue weighted by molar-refractivity contribution is 5.77. The van der Waals surface area contributed by atoms with E-state index in [1.54, 1.807) is 17.0 Å². The zero-order valence-electron chi connectivity index (χ0n) is 15.0. The molecule has 1 aliphatic carbocycles. The standard InChI is InChI=1S/C19H24FN5O/c1-13-9-16(11-21)23-19(22-13)24-17-7-3-2-5-14(17)10-18(26)25-8-4-6-15(20)12-25/h6,9,14,17H,2-5,7-8,10,12H2,1H3,(H,22,23,24)/t14-,17-/m0/s1. The number of nitrogens with one attached hydrogen (secondary N) is 1. The van der Waals surface area contributed by atoms with Gasteiger partial charge in [0.15, 0.2) is 0 Å². The molecule has 1 fully saturated rings. The summed E-state index contributed by atoms with van der Waals surface area (Å²) in [5.41, 5.74) is 1.07. The van der Waals surface area contributed by atoms with Crippen LogP contribution in [0.3, 0.4) is 0 Å². The van der Waals surface area contributed by atoms with Gasteiger partial charge in [0.2, 0.25) is 11.9 Å². The van der Waals surface area contributed by atoms with Crippen LogP contribution in [0, 0.1) is 24.2 Å². The van der Waals surface area contributed by atoms with Crippen molar-refractivity contribution in [2.75, 3.05) is 18.4 Å². The Kier molecular flexibility index (Phi) is 5.82. The third-order valence-electron chi connectivity index (χ3n) is 5.09. The number of anilines is 1. The number of rotatable bonds is 4. The molecule has 1 amide bonds. The van der Waals surface area contributed by atoms with E-state index >= 15 is 0 Å². The fourth-order valence-corrected chi connectivity index (χ4v) is 3.77. The van der Waals surface area contributed by atoms with Gasteiger partial charge in [0, 0.05) is 24.7 Å². The Bertz CT molecular complexity index is 742. The molecule has 1 aromatic rings. The Morgan fingerprint density at radius 2 is 2.23 bits per heavy atom. The predicted octanol–water partition coefficient (Wildman–Crippen LogP) is 3.10. The zero-order chi connectivity index (χ0) is 18.5. The van der Waals surface area contributed by atoms with Gasteiger partial charge >= 0.3 is 0 Å². The molecule has 1 saturated carbocycles. The third-order valence-corrected chi connectivity index (χ3v) is 5.09. The molecule has 26 heavy (non-hydrogen) atoms. The van der Waals surface area contributed by atoms with Crippen LogP contribution in [-0.4, -0.2) is 39.9 Å². The van der Waals surface area contributed by atoms with Crippen LogP contribution >= 0.6 is 0 Å². The SMILES string of the molecule is Cc1cc(C#N)nc(N[C@H]2CCCC[C@H]2CC(=O)N2CCC=C(F)C2)n1. The highest BCUT2D eigenvalue weighted by atomic mass is 19.1. The maximum atomic E-state index is 13.5. The molecule has 1 aliphatic heterocycles. The van der Waals surface area contributed by atoms with Gasteiger partial charge in [0.1, 0.15) is 17.6 Å². The Hall–Kier alpha value is -2.49. The molecular formula is C19H24FN5O. The second-order valence-corrected chi connectivity index (χ2v) is 7.08. The Morgan fingerprint density at radius 3 is 3.00 bits per heavy atom. The summed E-state index contributed by atoms with van der Waals surface area (Å²) in [5, 5.41) is 12.4. The predicted molar refractivity (Wildman–Crippen MR) is 95.9 cm³/mol. The highest BCUT2D eigenvalue weighted by Gasteiger charge is 2.30. The number of nitrogens with zero attached hydrogens (tertiary/aromatic N) is 4. The molecule has 0 spiro atoms. The summed E-state index contributed by atoms with van der Waals surface area (Å²) in [4.78, 5) is 22.8. The number of aryl methyl sites for hydroxylation is 1. The normalized spacial score (nSPS) is 23.1. The van der Waals surface area contributed by atoms with E-state index in [1.165, 1.54) is 0 Å². The second-order valence-electron chi connectivity index (χ2n) is 7.08. The molecule has 0 radical (unpaired) electrons. The number of carbonyl (C=O) groups is 1. The van der Waals surface area contributed by atoms with Crippen molar-refractivity contribution in [2.24, 2.45) is 5.92 Å². The molecule has 0 unspecified atom stereocenters. The zero-order valence-corrected chi connectivity index (χ0v) is 15.0. The number of halogens is 1. The van der Waals surface area contributed by atoms with E-state index in [4.69, 9.17) is 5.26 Å². The average molecular weight is 357 g/mol. The van der Waals surface area contributed by atoms with Crippen LogP contribution < -0.4 is 5.32 Å². The summed E-state index contributed by atoms with van der Waals surface area (Å²) < 4.78 is 13.5. The molecule has 2 aliphatic rings. The number of hydrogen-bond donors (Lipinski definition) is 1. The molecule has 0 saturated heterocycles. The first-order chi connectivity index (χ1) is 12.5. The third kappa shape index (κ3) is 4.57. The van der Waals surface area contributed by atoms with E-state index in [2.05, 4.69) is 15.3 Å². The molecule has 6 nitrogen and oxygen atoms in total. The van der Waals surface area contributed by atoms with Crippen molar-refractivity contribution in [1.29, 1.82) is 5.26 Å². The summed E-state index contributed by atoms with van der Waals surface area (Å²) in [6.07, 6.45) is 6.59. The number of aromatic nitrogens is 2. The fraction of sp³-hybridized carbons (Fsp3) is 0.579. The minimum atomic E-state index is -0.222. The Labute approximate surface area is 153 Å². The minimum absolute atomic E-state index is 0.00910. The van der Waals surface area contributed by atoms with Gasteiger partial charge in [-0.15, -0.1) is 0 Å². The van der Waals surface area contributed by atoms with Gasteiger partial charge < -0.3 is 10.2 Å². The van der Waals surface area contributed by atoms with Crippen molar-refractivity contribution in [3.8, 4) is 6.07 Å². The largest absolute Gasteiger partial charge is 0.351 e. The van der Waals surface area contributed by atoms with E-state index in [-0.39, 0.29) is 30.2 Å². The molecule has 2 heterocycles. The Morgan fingerprint density at radius 1 is 1.42 bits per heavy atom. The smallest absolute Gasteiger partial charge is 0.224 e. The van der Waals surface area contributed by atoms with E-state index < -0.39 is 0 Å². The first-order valence-electron chi connectivity index (χ1n) is 9.20. The van der Waals surface area contributed by atoms with Crippen LogP contribution in [0.1, 0.15) is 49.9 Å². The van der Waals surface area contributed by atoms with Crippen molar-refractivity contribution in [3.05, 3.63) is 29.4 Å². The van der Waals surface area contributed by atoms with Crippen molar-refractivity contribution in [2.45, 2.75) is 51.5 Å². The van der Waals surface area contributed by atoms with Gasteiger partial charge in [0.25, 0.3) is 0 Å². The summed E-state index contributed by atoms with van der Waals surface area (Å²) in [5.74, 6) is 0.396. The number of carbonyl (C=O) groups excluding carboxylic acids is 1. The molecule has 0 aromatic carbocycles. The van der Waals surface area contributed by atoms with Crippen LogP contribution in [0.15, 0.2) is 18.0 Å². The number of amides is 1. The molecule has 138 valence electrons. The van der Waals surface area contributed by atoms with E-state index in [1.807, 2.05) is 13.0 Å². The molecule has 1 aromatic heterocycles. The lowest BCUT2D eigenvalue weighted by Crippen LogP contribution is -2.40. The quantitative estimate of drug-likeness (QED) is 0.895. The average Bonchev–Trinajstić information content (AvgIpc) is 2.62. The molecule has 0 bridgehead atoms. The lowest BCUT2D eigenvalue weighted by Gasteiger charge is -2.34. The van der Waals surface area contributed by atoms with Crippen LogP contribution in [0.4, 0.5) is 10.3 Å². The van der Waals surface area contributed by atoms with Crippen molar-refractivity contribution in [3.63, 3.8) is 0 Å². The number of nitriles is 1. The van der Waals surface area contributed by atoms with Crippen LogP contribution in [0.2, 0.25) is 0 Å². The van der Waals surface area contributed by atoms with Crippen molar-refractivity contribution >= 4 is 11.9 Å². The Balaban J connectivity index is 1.66. The van der Waals surface area contributed by atoms with Gasteiger partial charge in [-0.25, -0.2) is 14.4 Å². The molecule has 1 N–H and O–H groups in total. The fourth-order valence-electron chi connectivity index (χ4n) is 3.77. The maximum absolute atomic E-state index is 13.5. The summed E-state index contributed by atoms with van der Waals surface area (Å²) in [6, 6.07) is 3.78. The highest BCUT2D eigenvalue weighted by Crippen LogP contribution is 2.30. The summed E-state index contributed by atoms with van der Waals surface area (Å²) in [7, 11) is 0. The lowest BCUT2D eigenvalue weighted by atomic mass is 9.82. The first-order valence-corrected chi connectivity index (χ1v) is 9.20. The lowest BCUT2D eigenvalue weighted by molar-refractivity contribution is -0.132. The van der Waals surface area contributed by atoms with Gasteiger partial charge in [-0.05, 0) is 44.2 Å². The monoisotopic (exact) mass is 357 g/mol. The topological polar surface area (TPSA) is 81.9 Å². The van der Waals surface area contributed by atoms with Gasteiger partial charge in [0.05, 0.1) is 6.54 Å². The van der Waals surface area contributed by atoms with Gasteiger partial charge in [-0.1, -0.05) is 12.8 Å². The molecule has 3 rings (SSSR count). The molecular weight excluding hydrogens is 333 g/mol. The van der Waals surface area contributed by atoms with Gasteiger partial charge in [-0.2, -0.15) is 5.26 Å². The van der Waals surface area contributed by atoms with E-state index in [0.29, 0.717) is 31.0 Å². The maximum Gasteiger partial charge on any atom is 0.224 e. The van der Waals surface area contributed by atoms with Crippen LogP contribution in [-0.2, 0) is 4.79 Å². The summed E-state index contributed by atoms with van der Waals surface area (Å²) in [6.45, 7) is 2.51.